The van der Waals surface area contributed by atoms with E-state index in [9.17, 15) is 17.6 Å². The zero-order valence-corrected chi connectivity index (χ0v) is 13.2. The highest BCUT2D eigenvalue weighted by Gasteiger charge is 2.41. The van der Waals surface area contributed by atoms with Crippen LogP contribution in [0.25, 0.3) is 0 Å². The van der Waals surface area contributed by atoms with Crippen molar-refractivity contribution < 1.29 is 17.6 Å². The molecule has 2 aromatic rings. The summed E-state index contributed by atoms with van der Waals surface area (Å²) in [5, 5.41) is 8.94. The zero-order valence-electron chi connectivity index (χ0n) is 12.4. The minimum Gasteiger partial charge on any atom is -0.278 e. The zero-order chi connectivity index (χ0) is 17.3. The summed E-state index contributed by atoms with van der Waals surface area (Å²) in [5.74, 6) is -0.456. The predicted octanol–water partition coefficient (Wildman–Crippen LogP) is 2.48. The maximum absolute atomic E-state index is 13.0. The molecule has 0 saturated carbocycles. The van der Waals surface area contributed by atoms with Gasteiger partial charge in [-0.25, -0.2) is 21.9 Å². The van der Waals surface area contributed by atoms with E-state index in [2.05, 4.69) is 0 Å². The van der Waals surface area contributed by atoms with Gasteiger partial charge in [0.25, 0.3) is 10.0 Å². The Balaban J connectivity index is 2.08. The van der Waals surface area contributed by atoms with E-state index in [0.717, 1.165) is 4.90 Å². The average Bonchev–Trinajstić information content (AvgIpc) is 2.57. The van der Waals surface area contributed by atoms with Crippen LogP contribution in [-0.4, -0.2) is 25.3 Å². The summed E-state index contributed by atoms with van der Waals surface area (Å²) < 4.78 is 39.2. The monoisotopic (exact) mass is 345 g/mol. The molecule has 6 nitrogen and oxygen atoms in total. The molecule has 2 amide bonds. The molecule has 2 aromatic carbocycles. The second kappa shape index (κ2) is 5.94. The molecule has 0 spiro atoms. The number of hydrogen-bond acceptors (Lipinski definition) is 4. The molecule has 1 heterocycles. The van der Waals surface area contributed by atoms with E-state index < -0.39 is 21.9 Å². The summed E-state index contributed by atoms with van der Waals surface area (Å²) in [5.41, 5.74) is 0.643. The minimum atomic E-state index is -4.05. The van der Waals surface area contributed by atoms with Crippen LogP contribution < -0.4 is 4.90 Å². The lowest BCUT2D eigenvalue weighted by Crippen LogP contribution is -2.50. The molecule has 1 aliphatic heterocycles. The number of carbonyl (C=O) groups is 1. The Morgan fingerprint density at radius 3 is 2.42 bits per heavy atom. The number of nitrogens with zero attached hydrogens (tertiary/aromatic N) is 3. The van der Waals surface area contributed by atoms with E-state index in [0.29, 0.717) is 9.87 Å². The van der Waals surface area contributed by atoms with Gasteiger partial charge in [0.2, 0.25) is 0 Å². The predicted molar refractivity (Wildman–Crippen MR) is 83.9 cm³/mol. The van der Waals surface area contributed by atoms with Crippen LogP contribution >= 0.6 is 0 Å². The molecule has 1 aliphatic rings. The number of anilines is 1. The number of halogens is 1. The van der Waals surface area contributed by atoms with E-state index >= 15 is 0 Å². The SMILES string of the molecule is N#CCN1C(=O)N(Cc2ccc(F)cc2)S(=O)(=O)c2ccccc21. The lowest BCUT2D eigenvalue weighted by molar-refractivity contribution is 0.227. The summed E-state index contributed by atoms with van der Waals surface area (Å²) in [4.78, 5) is 13.7. The molecule has 3 rings (SSSR count). The molecule has 0 bridgehead atoms. The third-order valence-corrected chi connectivity index (χ3v) is 5.40. The van der Waals surface area contributed by atoms with Gasteiger partial charge in [-0.3, -0.25) is 4.90 Å². The molecule has 0 N–H and O–H groups in total. The standard InChI is InChI=1S/C16H12FN3O3S/c17-13-7-5-12(6-8-13)11-20-16(21)19(10-9-18)14-3-1-2-4-15(14)24(20,22)23/h1-8H,10-11H2. The Labute approximate surface area is 138 Å². The third kappa shape index (κ3) is 2.59. The molecular formula is C16H12FN3O3S. The van der Waals surface area contributed by atoms with Crippen molar-refractivity contribution in [1.82, 2.24) is 4.31 Å². The van der Waals surface area contributed by atoms with Gasteiger partial charge < -0.3 is 0 Å². The second-order valence-corrected chi connectivity index (χ2v) is 6.96. The number of rotatable bonds is 3. The Bertz CT molecular complexity index is 936. The van der Waals surface area contributed by atoms with Crippen LogP contribution in [0.5, 0.6) is 0 Å². The Kier molecular flexibility index (Phi) is 3.95. The summed E-state index contributed by atoms with van der Waals surface area (Å²) in [6.07, 6.45) is 0. The molecule has 122 valence electrons. The van der Waals surface area contributed by atoms with Gasteiger partial charge in [0.15, 0.2) is 0 Å². The number of carbonyl (C=O) groups excluding carboxylic acids is 1. The number of benzene rings is 2. The van der Waals surface area contributed by atoms with Crippen LogP contribution in [0.1, 0.15) is 5.56 Å². The van der Waals surface area contributed by atoms with E-state index in [4.69, 9.17) is 5.26 Å². The number of fused-ring (bicyclic) bond motifs is 1. The number of amides is 2. The molecule has 0 unspecified atom stereocenters. The first-order valence-corrected chi connectivity index (χ1v) is 8.44. The van der Waals surface area contributed by atoms with Gasteiger partial charge in [0.1, 0.15) is 17.3 Å². The van der Waals surface area contributed by atoms with Crippen molar-refractivity contribution in [3.05, 3.63) is 59.9 Å². The van der Waals surface area contributed by atoms with Crippen molar-refractivity contribution in [2.24, 2.45) is 0 Å². The van der Waals surface area contributed by atoms with E-state index in [1.807, 2.05) is 6.07 Å². The minimum absolute atomic E-state index is 0.0399. The van der Waals surface area contributed by atoms with E-state index in [1.54, 1.807) is 12.1 Å². The molecule has 0 fully saturated rings. The quantitative estimate of drug-likeness (QED) is 0.800. The van der Waals surface area contributed by atoms with Gasteiger partial charge in [-0.05, 0) is 29.8 Å². The average molecular weight is 345 g/mol. The fourth-order valence-corrected chi connectivity index (χ4v) is 4.04. The Hall–Kier alpha value is -2.92. The van der Waals surface area contributed by atoms with Gasteiger partial charge in [-0.2, -0.15) is 5.26 Å². The Morgan fingerprint density at radius 2 is 1.75 bits per heavy atom. The summed E-state index contributed by atoms with van der Waals surface area (Å²) >= 11 is 0. The molecule has 8 heteroatoms. The number of sulfonamides is 1. The van der Waals surface area contributed by atoms with Crippen LogP contribution in [0.3, 0.4) is 0 Å². The van der Waals surface area contributed by atoms with Crippen molar-refractivity contribution in [3.8, 4) is 6.07 Å². The van der Waals surface area contributed by atoms with E-state index in [-0.39, 0.29) is 23.7 Å². The van der Waals surface area contributed by atoms with Crippen LogP contribution in [-0.2, 0) is 16.6 Å². The first-order chi connectivity index (χ1) is 11.4. The van der Waals surface area contributed by atoms with Crippen LogP contribution in [0.4, 0.5) is 14.9 Å². The molecule has 0 radical (unpaired) electrons. The lowest BCUT2D eigenvalue weighted by Gasteiger charge is -2.35. The maximum Gasteiger partial charge on any atom is 0.339 e. The molecular weight excluding hydrogens is 333 g/mol. The first kappa shape index (κ1) is 16.0. The summed E-state index contributed by atoms with van der Waals surface area (Å²) in [6.45, 7) is -0.511. The Morgan fingerprint density at radius 1 is 1.08 bits per heavy atom. The third-order valence-electron chi connectivity index (χ3n) is 3.64. The smallest absolute Gasteiger partial charge is 0.278 e. The van der Waals surface area contributed by atoms with E-state index in [1.165, 1.54) is 36.4 Å². The second-order valence-electron chi connectivity index (χ2n) is 5.13. The summed E-state index contributed by atoms with van der Waals surface area (Å²) in [6, 6.07) is 12.3. The number of para-hydroxylation sites is 1. The maximum atomic E-state index is 13.0. The van der Waals surface area contributed by atoms with Crippen molar-refractivity contribution in [2.75, 3.05) is 11.4 Å². The number of nitriles is 1. The first-order valence-electron chi connectivity index (χ1n) is 7.00. The van der Waals surface area contributed by atoms with Gasteiger partial charge in [-0.1, -0.05) is 24.3 Å². The molecule has 0 aromatic heterocycles. The highest BCUT2D eigenvalue weighted by Crippen LogP contribution is 2.34. The highest BCUT2D eigenvalue weighted by atomic mass is 32.2. The van der Waals surface area contributed by atoms with Crippen molar-refractivity contribution in [1.29, 1.82) is 5.26 Å². The molecule has 0 saturated heterocycles. The van der Waals surface area contributed by atoms with Gasteiger partial charge in [0, 0.05) is 0 Å². The molecule has 24 heavy (non-hydrogen) atoms. The topological polar surface area (TPSA) is 81.5 Å². The lowest BCUT2D eigenvalue weighted by atomic mass is 10.2. The molecule has 0 aliphatic carbocycles. The fraction of sp³-hybridized carbons (Fsp3) is 0.125. The number of urea groups is 1. The highest BCUT2D eigenvalue weighted by molar-refractivity contribution is 7.90. The normalized spacial score (nSPS) is 15.8. The van der Waals surface area contributed by atoms with Gasteiger partial charge >= 0.3 is 6.03 Å². The van der Waals surface area contributed by atoms with Crippen LogP contribution in [0.15, 0.2) is 53.4 Å². The van der Waals surface area contributed by atoms with Crippen molar-refractivity contribution in [2.45, 2.75) is 11.4 Å². The van der Waals surface area contributed by atoms with Crippen LogP contribution in [0, 0.1) is 17.1 Å². The largest absolute Gasteiger partial charge is 0.339 e. The van der Waals surface area contributed by atoms with Crippen molar-refractivity contribution >= 4 is 21.7 Å². The number of hydrogen-bond donors (Lipinski definition) is 0. The van der Waals surface area contributed by atoms with Gasteiger partial charge in [0.05, 0.1) is 18.3 Å². The molecule has 0 atom stereocenters. The van der Waals surface area contributed by atoms with Crippen molar-refractivity contribution in [3.63, 3.8) is 0 Å². The van der Waals surface area contributed by atoms with Crippen LogP contribution in [0.2, 0.25) is 0 Å². The fourth-order valence-electron chi connectivity index (χ4n) is 2.49. The summed E-state index contributed by atoms with van der Waals surface area (Å²) in [7, 11) is -4.05. The van der Waals surface area contributed by atoms with Gasteiger partial charge in [-0.15, -0.1) is 0 Å².